The maximum absolute atomic E-state index is 16.2. The Balaban J connectivity index is 1.43. The number of alkyl halides is 2. The molecule has 3 fully saturated rings. The van der Waals surface area contributed by atoms with Gasteiger partial charge in [-0.2, -0.15) is 8.78 Å². The van der Waals surface area contributed by atoms with Crippen LogP contribution in [0.4, 0.5) is 13.6 Å². The number of ketones is 1. The minimum absolute atomic E-state index is 0.0538. The molecule has 6 rings (SSSR count). The van der Waals surface area contributed by atoms with Gasteiger partial charge in [-0.25, -0.2) is 14.8 Å². The lowest BCUT2D eigenvalue weighted by molar-refractivity contribution is -0.141. The van der Waals surface area contributed by atoms with Crippen molar-refractivity contribution in [3.63, 3.8) is 0 Å². The van der Waals surface area contributed by atoms with Gasteiger partial charge in [-0.1, -0.05) is 34.1 Å². The number of halogens is 2. The Bertz CT molecular complexity index is 1550. The number of benzene rings is 1. The third kappa shape index (κ3) is 6.48. The summed E-state index contributed by atoms with van der Waals surface area (Å²) >= 11 is 0. The molecule has 2 aliphatic heterocycles. The number of carbonyl (C=O) groups excluding carboxylic acids is 3. The number of amides is 2. The van der Waals surface area contributed by atoms with E-state index in [-0.39, 0.29) is 42.2 Å². The van der Waals surface area contributed by atoms with E-state index >= 15 is 8.78 Å². The van der Waals surface area contributed by atoms with E-state index in [2.05, 4.69) is 15.3 Å². The Morgan fingerprint density at radius 3 is 2.53 bits per heavy atom. The largest absolute Gasteiger partial charge is 0.497 e. The fourth-order valence-corrected chi connectivity index (χ4v) is 8.14. The average molecular weight is 657 g/mol. The van der Waals surface area contributed by atoms with Crippen LogP contribution in [0, 0.1) is 29.1 Å². The highest BCUT2D eigenvalue weighted by molar-refractivity contribution is 5.92. The molecule has 256 valence electrons. The number of fused-ring (bicyclic) bond motifs is 7. The smallest absolute Gasteiger partial charge is 0.408 e. The molecule has 3 heterocycles. The molecule has 12 heteroatoms. The standard InChI is InChI=1S/C35H46F2N4O6/c1-7-21-27-17-41(28(21)18(2)42)32(43)30(34(3,4)5)40-33(44)47-26-15-19-14-23(19)22(26)10-8-9-13-35(36,37)29-31(46-27)39-25-16-20(45-6)11-12-24(25)38-29/h11-12,16,19,21-23,26-28,30H,7-10,13-15,17H2,1-6H3,(H,40,44)/t19?,21-,22-,23?,26-,27+,28-,30-/m1/s1. The number of Topliss-reactive ketones (excluding diaryl/α,β-unsaturated/α-hetero) is 1. The summed E-state index contributed by atoms with van der Waals surface area (Å²) in [6, 6.07) is 2.95. The van der Waals surface area contributed by atoms with Gasteiger partial charge in [0.2, 0.25) is 11.8 Å². The molecule has 2 bridgehead atoms. The molecule has 4 aliphatic rings. The molecule has 10 nitrogen and oxygen atoms in total. The van der Waals surface area contributed by atoms with Crippen molar-refractivity contribution in [2.45, 2.75) is 110 Å². The van der Waals surface area contributed by atoms with Crippen LogP contribution in [0.15, 0.2) is 18.2 Å². The Hall–Kier alpha value is -3.57. The molecule has 8 atom stereocenters. The van der Waals surface area contributed by atoms with Crippen LogP contribution in [0.25, 0.3) is 11.0 Å². The molecular weight excluding hydrogens is 610 g/mol. The fraction of sp³-hybridized carbons (Fsp3) is 0.686. The molecule has 1 saturated heterocycles. The summed E-state index contributed by atoms with van der Waals surface area (Å²) in [6.45, 7) is 8.74. The van der Waals surface area contributed by atoms with E-state index in [4.69, 9.17) is 14.2 Å². The van der Waals surface area contributed by atoms with Crippen LogP contribution in [0.1, 0.15) is 85.3 Å². The third-order valence-corrected chi connectivity index (χ3v) is 10.7. The normalized spacial score (nSPS) is 32.6. The molecule has 47 heavy (non-hydrogen) atoms. The van der Waals surface area contributed by atoms with Gasteiger partial charge in [0.05, 0.1) is 30.7 Å². The van der Waals surface area contributed by atoms with Crippen LogP contribution in [0.2, 0.25) is 0 Å². The van der Waals surface area contributed by atoms with Gasteiger partial charge >= 0.3 is 6.09 Å². The van der Waals surface area contributed by atoms with Crippen LogP contribution in [0.5, 0.6) is 11.6 Å². The molecule has 0 radical (unpaired) electrons. The van der Waals surface area contributed by atoms with E-state index < -0.39 is 59.6 Å². The van der Waals surface area contributed by atoms with Crippen LogP contribution in [0.3, 0.4) is 0 Å². The van der Waals surface area contributed by atoms with E-state index in [1.165, 1.54) is 18.9 Å². The van der Waals surface area contributed by atoms with Crippen molar-refractivity contribution in [2.24, 2.45) is 29.1 Å². The van der Waals surface area contributed by atoms with E-state index in [1.54, 1.807) is 18.2 Å². The Morgan fingerprint density at radius 1 is 1.09 bits per heavy atom. The highest BCUT2D eigenvalue weighted by Gasteiger charge is 2.55. The molecule has 0 spiro atoms. The molecule has 1 N–H and O–H groups in total. The topological polar surface area (TPSA) is 120 Å². The van der Waals surface area contributed by atoms with Crippen LogP contribution < -0.4 is 14.8 Å². The minimum Gasteiger partial charge on any atom is -0.497 e. The average Bonchev–Trinajstić information content (AvgIpc) is 3.54. The van der Waals surface area contributed by atoms with Crippen LogP contribution >= 0.6 is 0 Å². The number of alkyl carbamates (subject to hydrolysis) is 1. The van der Waals surface area contributed by atoms with Gasteiger partial charge in [-0.3, -0.25) is 9.59 Å². The zero-order valence-electron chi connectivity index (χ0n) is 28.1. The molecule has 2 unspecified atom stereocenters. The quantitative estimate of drug-likeness (QED) is 0.425. The number of methoxy groups -OCH3 is 1. The summed E-state index contributed by atoms with van der Waals surface area (Å²) in [5, 5.41) is 2.85. The summed E-state index contributed by atoms with van der Waals surface area (Å²) < 4.78 is 50.0. The minimum atomic E-state index is -3.36. The highest BCUT2D eigenvalue weighted by atomic mass is 19.3. The molecule has 2 aliphatic carbocycles. The lowest BCUT2D eigenvalue weighted by atomic mass is 9.85. The van der Waals surface area contributed by atoms with Crippen molar-refractivity contribution in [3.05, 3.63) is 23.9 Å². The summed E-state index contributed by atoms with van der Waals surface area (Å²) in [6.07, 6.45) is 1.38. The van der Waals surface area contributed by atoms with Gasteiger partial charge in [0.25, 0.3) is 5.92 Å². The lowest BCUT2D eigenvalue weighted by Gasteiger charge is -2.36. The fourth-order valence-electron chi connectivity index (χ4n) is 8.14. The summed E-state index contributed by atoms with van der Waals surface area (Å²) in [5.41, 5.74) is -0.681. The van der Waals surface area contributed by atoms with Crippen molar-refractivity contribution < 1.29 is 37.4 Å². The summed E-state index contributed by atoms with van der Waals surface area (Å²) in [7, 11) is 1.50. The first kappa shape index (κ1) is 33.3. The van der Waals surface area contributed by atoms with Crippen molar-refractivity contribution in [2.75, 3.05) is 13.7 Å². The molecule has 2 saturated carbocycles. The number of hydrogen-bond acceptors (Lipinski definition) is 8. The molecule has 1 aromatic carbocycles. The molecule has 2 amide bonds. The van der Waals surface area contributed by atoms with Crippen LogP contribution in [-0.2, 0) is 20.2 Å². The van der Waals surface area contributed by atoms with E-state index in [0.717, 1.165) is 12.8 Å². The monoisotopic (exact) mass is 656 g/mol. The Morgan fingerprint density at radius 2 is 1.85 bits per heavy atom. The first-order valence-corrected chi connectivity index (χ1v) is 16.9. The first-order chi connectivity index (χ1) is 22.2. The molecule has 1 aromatic heterocycles. The van der Waals surface area contributed by atoms with Gasteiger partial charge in [0, 0.05) is 18.4 Å². The number of rotatable bonds is 3. The highest BCUT2D eigenvalue weighted by Crippen LogP contribution is 2.58. The van der Waals surface area contributed by atoms with Crippen molar-refractivity contribution in [3.8, 4) is 11.6 Å². The van der Waals surface area contributed by atoms with Crippen molar-refractivity contribution in [1.82, 2.24) is 20.2 Å². The SMILES string of the molecule is CC[C@@H]1[C@@H]2CN(C(=O)[C@H](C(C)(C)C)NC(=O)O[C@@H]3CC4CC4[C@H]3CCCCC(F)(F)c3nc4ccc(OC)cc4nc3O2)[C@@H]1C(C)=O. The predicted molar refractivity (Wildman–Crippen MR) is 169 cm³/mol. The van der Waals surface area contributed by atoms with Gasteiger partial charge in [0.15, 0.2) is 11.5 Å². The number of carbonyl (C=O) groups is 3. The Kier molecular flexibility index (Phi) is 8.84. The van der Waals surface area contributed by atoms with Gasteiger partial charge in [-0.05, 0) is 74.3 Å². The predicted octanol–water partition coefficient (Wildman–Crippen LogP) is 6.04. The number of ether oxygens (including phenoxy) is 3. The number of hydrogen-bond donors (Lipinski definition) is 1. The van der Waals surface area contributed by atoms with Gasteiger partial charge in [0.1, 0.15) is 24.0 Å². The van der Waals surface area contributed by atoms with E-state index in [1.807, 2.05) is 27.7 Å². The second-order valence-corrected chi connectivity index (χ2v) is 14.9. The Labute approximate surface area is 274 Å². The zero-order valence-corrected chi connectivity index (χ0v) is 28.1. The first-order valence-electron chi connectivity index (χ1n) is 16.9. The van der Waals surface area contributed by atoms with E-state index in [0.29, 0.717) is 42.4 Å². The van der Waals surface area contributed by atoms with E-state index in [9.17, 15) is 14.4 Å². The van der Waals surface area contributed by atoms with Crippen molar-refractivity contribution in [1.29, 1.82) is 0 Å². The molecule has 2 aromatic rings. The van der Waals surface area contributed by atoms with Crippen LogP contribution in [-0.4, -0.2) is 70.6 Å². The van der Waals surface area contributed by atoms with Crippen molar-refractivity contribution >= 4 is 28.8 Å². The maximum Gasteiger partial charge on any atom is 0.408 e. The zero-order chi connectivity index (χ0) is 33.8. The third-order valence-electron chi connectivity index (χ3n) is 10.7. The van der Waals surface area contributed by atoms with Gasteiger partial charge < -0.3 is 24.4 Å². The summed E-state index contributed by atoms with van der Waals surface area (Å²) in [4.78, 5) is 51.2. The summed E-state index contributed by atoms with van der Waals surface area (Å²) in [5.74, 6) is -3.43. The molecular formula is C35H46F2N4O6. The number of nitrogens with zero attached hydrogens (tertiary/aromatic N) is 3. The second-order valence-electron chi connectivity index (χ2n) is 14.9. The van der Waals surface area contributed by atoms with Gasteiger partial charge in [-0.15, -0.1) is 0 Å². The number of nitrogens with one attached hydrogen (secondary N) is 1. The number of aromatic nitrogens is 2. The lowest BCUT2D eigenvalue weighted by Crippen LogP contribution is -2.57. The second kappa shape index (κ2) is 12.5. The maximum atomic E-state index is 16.2.